The van der Waals surface area contributed by atoms with Gasteiger partial charge in [-0.05, 0) is 55.2 Å². The fourth-order valence-electron chi connectivity index (χ4n) is 4.24. The number of amides is 1. The maximum atomic E-state index is 13.0. The second kappa shape index (κ2) is 9.58. The summed E-state index contributed by atoms with van der Waals surface area (Å²) in [6, 6.07) is 14.7. The number of ether oxygens (including phenoxy) is 2. The van der Waals surface area contributed by atoms with Gasteiger partial charge in [-0.2, -0.15) is 0 Å². The number of piperidine rings is 1. The summed E-state index contributed by atoms with van der Waals surface area (Å²) in [6.45, 7) is 6.08. The number of hydrogen-bond acceptors (Lipinski definition) is 4. The Morgan fingerprint density at radius 2 is 1.83 bits per heavy atom. The molecule has 0 bridgehead atoms. The van der Waals surface area contributed by atoms with Crippen molar-refractivity contribution < 1.29 is 18.7 Å². The third-order valence-corrected chi connectivity index (χ3v) is 6.07. The van der Waals surface area contributed by atoms with E-state index in [2.05, 4.69) is 36.1 Å². The molecule has 5 nitrogen and oxygen atoms in total. The number of morpholine rings is 1. The standard InChI is InChI=1S/C24H29FN2O3/c1-18-4-2-3-5-19(18)14-26-12-10-21(11-13-26)27-15-23(30-17-24(27)28)16-29-22-8-6-20(25)7-9-22/h2-9,21,23H,10-17H2,1H3. The first-order valence-electron chi connectivity index (χ1n) is 10.6. The Morgan fingerprint density at radius 3 is 2.57 bits per heavy atom. The van der Waals surface area contributed by atoms with Gasteiger partial charge in [-0.1, -0.05) is 24.3 Å². The summed E-state index contributed by atoms with van der Waals surface area (Å²) < 4.78 is 24.4. The minimum Gasteiger partial charge on any atom is -0.491 e. The van der Waals surface area contributed by atoms with E-state index >= 15 is 0 Å². The third-order valence-electron chi connectivity index (χ3n) is 6.07. The number of likely N-dealkylation sites (tertiary alicyclic amines) is 1. The molecule has 4 rings (SSSR count). The summed E-state index contributed by atoms with van der Waals surface area (Å²) in [6.07, 6.45) is 1.78. The lowest BCUT2D eigenvalue weighted by Gasteiger charge is -2.42. The van der Waals surface area contributed by atoms with Crippen LogP contribution < -0.4 is 4.74 Å². The Balaban J connectivity index is 1.27. The molecule has 0 saturated carbocycles. The van der Waals surface area contributed by atoms with Crippen LogP contribution in [0.5, 0.6) is 5.75 Å². The molecule has 2 aromatic rings. The van der Waals surface area contributed by atoms with Crippen LogP contribution in [-0.4, -0.2) is 60.7 Å². The van der Waals surface area contributed by atoms with Gasteiger partial charge in [0, 0.05) is 25.7 Å². The number of nitrogens with zero attached hydrogens (tertiary/aromatic N) is 2. The zero-order valence-electron chi connectivity index (χ0n) is 17.4. The molecule has 30 heavy (non-hydrogen) atoms. The highest BCUT2D eigenvalue weighted by molar-refractivity contribution is 5.78. The molecule has 2 fully saturated rings. The topological polar surface area (TPSA) is 42.0 Å². The molecule has 2 heterocycles. The molecule has 1 atom stereocenters. The number of carbonyl (C=O) groups is 1. The molecule has 0 N–H and O–H groups in total. The quantitative estimate of drug-likeness (QED) is 0.729. The molecule has 0 radical (unpaired) electrons. The predicted molar refractivity (Wildman–Crippen MR) is 113 cm³/mol. The van der Waals surface area contributed by atoms with E-state index in [0.717, 1.165) is 32.5 Å². The van der Waals surface area contributed by atoms with Gasteiger partial charge in [0.15, 0.2) is 0 Å². The minimum atomic E-state index is -0.290. The smallest absolute Gasteiger partial charge is 0.248 e. The van der Waals surface area contributed by atoms with Crippen molar-refractivity contribution in [1.29, 1.82) is 0 Å². The summed E-state index contributed by atoms with van der Waals surface area (Å²) in [5, 5.41) is 0. The Morgan fingerprint density at radius 1 is 1.10 bits per heavy atom. The zero-order chi connectivity index (χ0) is 20.9. The summed E-state index contributed by atoms with van der Waals surface area (Å²) in [4.78, 5) is 16.9. The largest absolute Gasteiger partial charge is 0.491 e. The monoisotopic (exact) mass is 412 g/mol. The average molecular weight is 413 g/mol. The first-order chi connectivity index (χ1) is 14.6. The highest BCUT2D eigenvalue weighted by Crippen LogP contribution is 2.22. The molecular formula is C24H29FN2O3. The van der Waals surface area contributed by atoms with Gasteiger partial charge in [0.25, 0.3) is 0 Å². The maximum Gasteiger partial charge on any atom is 0.248 e. The zero-order valence-corrected chi connectivity index (χ0v) is 17.4. The van der Waals surface area contributed by atoms with Gasteiger partial charge in [0.05, 0.1) is 6.54 Å². The number of halogens is 1. The first kappa shape index (κ1) is 20.8. The first-order valence-corrected chi connectivity index (χ1v) is 10.6. The van der Waals surface area contributed by atoms with E-state index < -0.39 is 0 Å². The molecule has 0 spiro atoms. The molecule has 2 aromatic carbocycles. The SMILES string of the molecule is Cc1ccccc1CN1CCC(N2CC(COc3ccc(F)cc3)OCC2=O)CC1. The molecule has 160 valence electrons. The van der Waals surface area contributed by atoms with Crippen molar-refractivity contribution in [2.45, 2.75) is 38.5 Å². The summed E-state index contributed by atoms with van der Waals surface area (Å²) in [7, 11) is 0. The van der Waals surface area contributed by atoms with Gasteiger partial charge in [0.2, 0.25) is 5.91 Å². The molecule has 1 amide bonds. The Bertz CT molecular complexity index is 850. The second-order valence-corrected chi connectivity index (χ2v) is 8.18. The molecule has 0 aromatic heterocycles. The van der Waals surface area contributed by atoms with Crippen molar-refractivity contribution in [3.8, 4) is 5.75 Å². The van der Waals surface area contributed by atoms with Crippen LogP contribution in [0.2, 0.25) is 0 Å². The molecule has 2 aliphatic rings. The van der Waals surface area contributed by atoms with Crippen molar-refractivity contribution in [2.75, 3.05) is 32.8 Å². The van der Waals surface area contributed by atoms with Gasteiger partial charge in [0.1, 0.15) is 30.9 Å². The van der Waals surface area contributed by atoms with Gasteiger partial charge in [-0.15, -0.1) is 0 Å². The maximum absolute atomic E-state index is 13.0. The van der Waals surface area contributed by atoms with Crippen LogP contribution in [0.3, 0.4) is 0 Å². The average Bonchev–Trinajstić information content (AvgIpc) is 2.76. The van der Waals surface area contributed by atoms with E-state index in [1.165, 1.54) is 23.3 Å². The summed E-state index contributed by atoms with van der Waals surface area (Å²) >= 11 is 0. The van der Waals surface area contributed by atoms with Gasteiger partial charge >= 0.3 is 0 Å². The van der Waals surface area contributed by atoms with Crippen molar-refractivity contribution in [3.63, 3.8) is 0 Å². The van der Waals surface area contributed by atoms with Gasteiger partial charge in [-0.25, -0.2) is 4.39 Å². The van der Waals surface area contributed by atoms with Crippen LogP contribution in [0.1, 0.15) is 24.0 Å². The second-order valence-electron chi connectivity index (χ2n) is 8.18. The normalized spacial score (nSPS) is 21.1. The van der Waals surface area contributed by atoms with Crippen molar-refractivity contribution >= 4 is 5.91 Å². The molecular weight excluding hydrogens is 383 g/mol. The lowest BCUT2D eigenvalue weighted by molar-refractivity contribution is -0.155. The molecule has 1 unspecified atom stereocenters. The molecule has 6 heteroatoms. The number of aryl methyl sites for hydroxylation is 1. The lowest BCUT2D eigenvalue weighted by Crippen LogP contribution is -2.55. The number of carbonyl (C=O) groups excluding carboxylic acids is 1. The van der Waals surface area contributed by atoms with Crippen LogP contribution in [-0.2, 0) is 16.1 Å². The number of rotatable bonds is 6. The molecule has 2 saturated heterocycles. The third kappa shape index (κ3) is 5.18. The highest BCUT2D eigenvalue weighted by atomic mass is 19.1. The van der Waals surface area contributed by atoms with Gasteiger partial charge < -0.3 is 14.4 Å². The van der Waals surface area contributed by atoms with Crippen LogP contribution in [0.15, 0.2) is 48.5 Å². The van der Waals surface area contributed by atoms with E-state index in [1.54, 1.807) is 12.1 Å². The van der Waals surface area contributed by atoms with Crippen molar-refractivity contribution in [2.24, 2.45) is 0 Å². The molecule has 0 aliphatic carbocycles. The number of benzene rings is 2. The minimum absolute atomic E-state index is 0.0605. The van der Waals surface area contributed by atoms with Crippen LogP contribution in [0.25, 0.3) is 0 Å². The number of hydrogen-bond donors (Lipinski definition) is 0. The van der Waals surface area contributed by atoms with E-state index in [1.807, 2.05) is 4.90 Å². The van der Waals surface area contributed by atoms with Crippen LogP contribution >= 0.6 is 0 Å². The van der Waals surface area contributed by atoms with Gasteiger partial charge in [-0.3, -0.25) is 9.69 Å². The predicted octanol–water partition coefficient (Wildman–Crippen LogP) is 3.40. The van der Waals surface area contributed by atoms with Crippen molar-refractivity contribution in [3.05, 3.63) is 65.5 Å². The van der Waals surface area contributed by atoms with E-state index in [9.17, 15) is 9.18 Å². The van der Waals surface area contributed by atoms with Crippen LogP contribution in [0, 0.1) is 12.7 Å². The summed E-state index contributed by atoms with van der Waals surface area (Å²) in [5.41, 5.74) is 2.70. The Labute approximate surface area is 177 Å². The molecule has 2 aliphatic heterocycles. The van der Waals surface area contributed by atoms with E-state index in [-0.39, 0.29) is 30.5 Å². The highest BCUT2D eigenvalue weighted by Gasteiger charge is 2.33. The Kier molecular flexibility index (Phi) is 6.65. The fraction of sp³-hybridized carbons (Fsp3) is 0.458. The van der Waals surface area contributed by atoms with E-state index in [4.69, 9.17) is 9.47 Å². The van der Waals surface area contributed by atoms with Crippen molar-refractivity contribution in [1.82, 2.24) is 9.80 Å². The Hall–Kier alpha value is -2.44. The lowest BCUT2D eigenvalue weighted by atomic mass is 10.0. The fourth-order valence-corrected chi connectivity index (χ4v) is 4.24. The van der Waals surface area contributed by atoms with E-state index in [0.29, 0.717) is 18.9 Å². The summed E-state index contributed by atoms with van der Waals surface area (Å²) in [5.74, 6) is 0.375. The van der Waals surface area contributed by atoms with Crippen LogP contribution in [0.4, 0.5) is 4.39 Å².